The summed E-state index contributed by atoms with van der Waals surface area (Å²) in [5.41, 5.74) is 1.39. The second-order valence-electron chi connectivity index (χ2n) is 6.95. The summed E-state index contributed by atoms with van der Waals surface area (Å²) in [6.07, 6.45) is -1.15. The van der Waals surface area contributed by atoms with Gasteiger partial charge in [-0.2, -0.15) is 0 Å². The predicted octanol–water partition coefficient (Wildman–Crippen LogP) is 4.54. The van der Waals surface area contributed by atoms with Crippen molar-refractivity contribution in [3.63, 3.8) is 0 Å². The summed E-state index contributed by atoms with van der Waals surface area (Å²) in [5.74, 6) is -1.27. The van der Waals surface area contributed by atoms with Gasteiger partial charge in [-0.15, -0.1) is 0 Å². The molecule has 0 saturated heterocycles. The number of anilines is 1. The van der Waals surface area contributed by atoms with Crippen molar-refractivity contribution in [2.24, 2.45) is 5.41 Å². The molecule has 0 aliphatic rings. The van der Waals surface area contributed by atoms with E-state index in [0.717, 1.165) is 11.6 Å². The van der Waals surface area contributed by atoms with Crippen LogP contribution in [0.1, 0.15) is 37.5 Å². The summed E-state index contributed by atoms with van der Waals surface area (Å²) in [6.45, 7) is 5.47. The number of carbonyl (C=O) groups is 1. The highest BCUT2D eigenvalue weighted by molar-refractivity contribution is 5.84. The molecule has 2 aromatic rings. The number of ether oxygens (including phenoxy) is 1. The van der Waals surface area contributed by atoms with Gasteiger partial charge in [0.1, 0.15) is 6.10 Å². The van der Waals surface area contributed by atoms with Crippen molar-refractivity contribution in [1.29, 1.82) is 0 Å². The average Bonchev–Trinajstić information content (AvgIpc) is 2.57. The standard InChI is InChI=1S/C20H24FNO4/c1-13-4-7-15(8-5-13)22-19(25)26-18(20(2,3)10-11-23)14-6-9-17(24)16(21)12-14/h4-9,12,18,23-24H,10-11H2,1-3H3,(H,22,25)/t18-/m0/s1. The minimum absolute atomic E-state index is 0.104. The summed E-state index contributed by atoms with van der Waals surface area (Å²) >= 11 is 0. The molecule has 3 N–H and O–H groups in total. The zero-order valence-electron chi connectivity index (χ0n) is 15.1. The van der Waals surface area contributed by atoms with Crippen LogP contribution in [0.2, 0.25) is 0 Å². The number of aliphatic hydroxyl groups is 1. The van der Waals surface area contributed by atoms with Gasteiger partial charge in [0.25, 0.3) is 0 Å². The van der Waals surface area contributed by atoms with Gasteiger partial charge in [-0.05, 0) is 43.2 Å². The maximum absolute atomic E-state index is 13.8. The number of halogens is 1. The predicted molar refractivity (Wildman–Crippen MR) is 97.6 cm³/mol. The number of phenolic OH excluding ortho intramolecular Hbond substituents is 1. The van der Waals surface area contributed by atoms with E-state index in [-0.39, 0.29) is 6.61 Å². The van der Waals surface area contributed by atoms with Crippen molar-refractivity contribution in [3.8, 4) is 5.75 Å². The molecule has 0 aliphatic heterocycles. The van der Waals surface area contributed by atoms with E-state index in [1.807, 2.05) is 32.9 Å². The van der Waals surface area contributed by atoms with Crippen LogP contribution in [0.25, 0.3) is 0 Å². The summed E-state index contributed by atoms with van der Waals surface area (Å²) in [7, 11) is 0. The number of carbonyl (C=O) groups excluding carboxylic acids is 1. The number of amides is 1. The number of rotatable bonds is 6. The molecule has 0 fully saturated rings. The fraction of sp³-hybridized carbons (Fsp3) is 0.350. The molecule has 0 heterocycles. The Morgan fingerprint density at radius 2 is 1.88 bits per heavy atom. The van der Waals surface area contributed by atoms with Crippen molar-refractivity contribution in [1.82, 2.24) is 0 Å². The van der Waals surface area contributed by atoms with Crippen molar-refractivity contribution >= 4 is 11.8 Å². The van der Waals surface area contributed by atoms with Crippen LogP contribution in [0.4, 0.5) is 14.9 Å². The Balaban J connectivity index is 2.24. The number of hydrogen-bond donors (Lipinski definition) is 3. The molecule has 0 saturated carbocycles. The third-order valence-corrected chi connectivity index (χ3v) is 4.26. The molecular weight excluding hydrogens is 337 g/mol. The Kier molecular flexibility index (Phi) is 6.21. The van der Waals surface area contributed by atoms with Gasteiger partial charge in [-0.3, -0.25) is 5.32 Å². The minimum Gasteiger partial charge on any atom is -0.505 e. The van der Waals surface area contributed by atoms with E-state index in [9.17, 15) is 19.4 Å². The third-order valence-electron chi connectivity index (χ3n) is 4.26. The van der Waals surface area contributed by atoms with Crippen LogP contribution in [-0.4, -0.2) is 22.9 Å². The molecule has 0 bridgehead atoms. The quantitative estimate of drug-likeness (QED) is 0.706. The molecule has 2 aromatic carbocycles. The lowest BCUT2D eigenvalue weighted by Gasteiger charge is -2.33. The van der Waals surface area contributed by atoms with E-state index in [0.29, 0.717) is 17.7 Å². The summed E-state index contributed by atoms with van der Waals surface area (Å²) in [4.78, 5) is 12.3. The molecule has 5 nitrogen and oxygen atoms in total. The fourth-order valence-corrected chi connectivity index (χ4v) is 2.68. The normalized spacial score (nSPS) is 12.5. The maximum atomic E-state index is 13.8. The maximum Gasteiger partial charge on any atom is 0.412 e. The number of aryl methyl sites for hydroxylation is 1. The molecule has 0 radical (unpaired) electrons. The molecule has 6 heteroatoms. The lowest BCUT2D eigenvalue weighted by atomic mass is 9.80. The van der Waals surface area contributed by atoms with Crippen molar-refractivity contribution in [2.45, 2.75) is 33.3 Å². The zero-order chi connectivity index (χ0) is 19.3. The first-order chi connectivity index (χ1) is 12.2. The molecular formula is C20H24FNO4. The molecule has 1 amide bonds. The Morgan fingerprint density at radius 1 is 1.23 bits per heavy atom. The number of phenols is 1. The Labute approximate surface area is 152 Å². The fourth-order valence-electron chi connectivity index (χ4n) is 2.68. The van der Waals surface area contributed by atoms with Gasteiger partial charge in [0.15, 0.2) is 11.6 Å². The molecule has 0 spiro atoms. The van der Waals surface area contributed by atoms with Gasteiger partial charge in [0.2, 0.25) is 0 Å². The first-order valence-corrected chi connectivity index (χ1v) is 8.36. The lowest BCUT2D eigenvalue weighted by molar-refractivity contribution is 0.0150. The van der Waals surface area contributed by atoms with Crippen LogP contribution in [0.5, 0.6) is 5.75 Å². The summed E-state index contributed by atoms with van der Waals surface area (Å²) in [5, 5.41) is 21.4. The highest BCUT2D eigenvalue weighted by Crippen LogP contribution is 2.40. The molecule has 2 rings (SSSR count). The van der Waals surface area contributed by atoms with Gasteiger partial charge < -0.3 is 14.9 Å². The topological polar surface area (TPSA) is 78.8 Å². The SMILES string of the molecule is Cc1ccc(NC(=O)O[C@@H](c2ccc(O)c(F)c2)C(C)(C)CCO)cc1. The third kappa shape index (κ3) is 4.95. The highest BCUT2D eigenvalue weighted by Gasteiger charge is 2.34. The van der Waals surface area contributed by atoms with Gasteiger partial charge >= 0.3 is 6.09 Å². The molecule has 140 valence electrons. The molecule has 0 unspecified atom stereocenters. The van der Waals surface area contributed by atoms with E-state index in [1.54, 1.807) is 12.1 Å². The van der Waals surface area contributed by atoms with Crippen LogP contribution in [0, 0.1) is 18.2 Å². The largest absolute Gasteiger partial charge is 0.505 e. The van der Waals surface area contributed by atoms with E-state index >= 15 is 0 Å². The van der Waals surface area contributed by atoms with Crippen molar-refractivity contribution in [2.75, 3.05) is 11.9 Å². The van der Waals surface area contributed by atoms with E-state index in [1.165, 1.54) is 12.1 Å². The van der Waals surface area contributed by atoms with E-state index in [4.69, 9.17) is 4.74 Å². The first-order valence-electron chi connectivity index (χ1n) is 8.36. The first kappa shape index (κ1) is 19.7. The number of aliphatic hydroxyl groups excluding tert-OH is 1. The van der Waals surface area contributed by atoms with Crippen LogP contribution in [0.3, 0.4) is 0 Å². The van der Waals surface area contributed by atoms with E-state index < -0.39 is 29.2 Å². The highest BCUT2D eigenvalue weighted by atomic mass is 19.1. The Morgan fingerprint density at radius 3 is 2.46 bits per heavy atom. The average molecular weight is 361 g/mol. The lowest BCUT2D eigenvalue weighted by Crippen LogP contribution is -2.29. The van der Waals surface area contributed by atoms with Gasteiger partial charge in [-0.1, -0.05) is 37.6 Å². The Hall–Kier alpha value is -2.60. The monoisotopic (exact) mass is 361 g/mol. The zero-order valence-corrected chi connectivity index (χ0v) is 15.1. The Bertz CT molecular complexity index is 759. The van der Waals surface area contributed by atoms with Crippen LogP contribution in [0.15, 0.2) is 42.5 Å². The van der Waals surface area contributed by atoms with Crippen LogP contribution < -0.4 is 5.32 Å². The van der Waals surface area contributed by atoms with Crippen molar-refractivity contribution < 1.29 is 24.1 Å². The summed E-state index contributed by atoms with van der Waals surface area (Å²) < 4.78 is 19.4. The number of hydrogen-bond acceptors (Lipinski definition) is 4. The summed E-state index contributed by atoms with van der Waals surface area (Å²) in [6, 6.07) is 11.1. The van der Waals surface area contributed by atoms with Gasteiger partial charge in [0, 0.05) is 17.7 Å². The molecule has 26 heavy (non-hydrogen) atoms. The second-order valence-corrected chi connectivity index (χ2v) is 6.95. The van der Waals surface area contributed by atoms with Gasteiger partial charge in [-0.25, -0.2) is 9.18 Å². The minimum atomic E-state index is -0.810. The van der Waals surface area contributed by atoms with Crippen molar-refractivity contribution in [3.05, 3.63) is 59.4 Å². The number of benzene rings is 2. The number of aromatic hydroxyl groups is 1. The number of nitrogens with one attached hydrogen (secondary N) is 1. The molecule has 0 aliphatic carbocycles. The van der Waals surface area contributed by atoms with Crippen LogP contribution >= 0.6 is 0 Å². The van der Waals surface area contributed by atoms with Gasteiger partial charge in [0.05, 0.1) is 0 Å². The molecule has 1 atom stereocenters. The second kappa shape index (κ2) is 8.19. The molecule has 0 aromatic heterocycles. The van der Waals surface area contributed by atoms with E-state index in [2.05, 4.69) is 5.32 Å². The van der Waals surface area contributed by atoms with Crippen LogP contribution in [-0.2, 0) is 4.74 Å². The smallest absolute Gasteiger partial charge is 0.412 e.